The number of likely N-dealkylation sites (tertiary alicyclic amines) is 1. The van der Waals surface area contributed by atoms with Gasteiger partial charge in [-0.05, 0) is 56.9 Å². The zero-order valence-electron chi connectivity index (χ0n) is 18.4. The summed E-state index contributed by atoms with van der Waals surface area (Å²) in [5.41, 5.74) is 2.41. The minimum absolute atomic E-state index is 0.615. The number of ether oxygens (including phenoxy) is 2. The molecule has 6 heteroatoms. The fourth-order valence-corrected chi connectivity index (χ4v) is 3.56. The van der Waals surface area contributed by atoms with Crippen molar-refractivity contribution in [1.82, 2.24) is 15.5 Å². The van der Waals surface area contributed by atoms with E-state index in [1.807, 2.05) is 14.0 Å². The van der Waals surface area contributed by atoms with Crippen LogP contribution in [0.2, 0.25) is 0 Å². The van der Waals surface area contributed by atoms with Gasteiger partial charge in [-0.2, -0.15) is 0 Å². The van der Waals surface area contributed by atoms with Crippen LogP contribution in [0, 0.1) is 0 Å². The first-order chi connectivity index (χ1) is 14.3. The van der Waals surface area contributed by atoms with Crippen LogP contribution in [0.3, 0.4) is 0 Å². The summed E-state index contributed by atoms with van der Waals surface area (Å²) in [6.07, 6.45) is 6.65. The molecule has 0 unspecified atom stereocenters. The van der Waals surface area contributed by atoms with Gasteiger partial charge < -0.3 is 25.0 Å². The number of rotatable bonds is 12. The fraction of sp³-hybridized carbons (Fsp3) is 0.696. The van der Waals surface area contributed by atoms with Gasteiger partial charge in [0.2, 0.25) is 0 Å². The Kier molecular flexibility index (Phi) is 12.4. The van der Waals surface area contributed by atoms with Gasteiger partial charge in [0.15, 0.2) is 5.96 Å². The highest BCUT2D eigenvalue weighted by atomic mass is 16.5. The maximum Gasteiger partial charge on any atom is 0.191 e. The highest BCUT2D eigenvalue weighted by Gasteiger charge is 2.08. The van der Waals surface area contributed by atoms with Crippen molar-refractivity contribution in [2.24, 2.45) is 4.99 Å². The summed E-state index contributed by atoms with van der Waals surface area (Å²) in [5.74, 6) is 0.860. The largest absolute Gasteiger partial charge is 0.379 e. The molecule has 0 spiro atoms. The summed E-state index contributed by atoms with van der Waals surface area (Å²) in [7, 11) is 1.83. The Bertz CT molecular complexity index is 572. The maximum atomic E-state index is 5.66. The van der Waals surface area contributed by atoms with Gasteiger partial charge in [-0.3, -0.25) is 4.99 Å². The zero-order valence-corrected chi connectivity index (χ0v) is 18.4. The van der Waals surface area contributed by atoms with Crippen LogP contribution in [0.25, 0.3) is 0 Å². The lowest BCUT2D eigenvalue weighted by atomic mass is 10.1. The van der Waals surface area contributed by atoms with Crippen molar-refractivity contribution in [3.63, 3.8) is 0 Å². The number of benzene rings is 1. The predicted octanol–water partition coefficient (Wildman–Crippen LogP) is 3.17. The van der Waals surface area contributed by atoms with E-state index < -0.39 is 0 Å². The van der Waals surface area contributed by atoms with E-state index >= 15 is 0 Å². The number of nitrogens with zero attached hydrogens (tertiary/aromatic N) is 2. The van der Waals surface area contributed by atoms with Crippen LogP contribution in [0.4, 0.5) is 0 Å². The topological polar surface area (TPSA) is 58.1 Å². The molecular formula is C23H40N4O2. The van der Waals surface area contributed by atoms with E-state index in [2.05, 4.69) is 44.8 Å². The van der Waals surface area contributed by atoms with E-state index in [-0.39, 0.29) is 0 Å². The summed E-state index contributed by atoms with van der Waals surface area (Å²) >= 11 is 0. The van der Waals surface area contributed by atoms with Crippen LogP contribution in [0.1, 0.15) is 50.2 Å². The second-order valence-electron chi connectivity index (χ2n) is 7.53. The molecule has 0 saturated carbocycles. The van der Waals surface area contributed by atoms with Gasteiger partial charge in [0.25, 0.3) is 0 Å². The Balaban J connectivity index is 1.63. The van der Waals surface area contributed by atoms with Crippen LogP contribution < -0.4 is 10.6 Å². The van der Waals surface area contributed by atoms with Crippen LogP contribution in [0.5, 0.6) is 0 Å². The van der Waals surface area contributed by atoms with E-state index in [1.165, 1.54) is 56.4 Å². The standard InChI is InChI=1S/C23H40N4O2/c1-3-28-16-17-29-20-22-11-8-10-21(18-22)19-26-23(24-2)25-12-9-15-27-13-6-4-5-7-14-27/h8,10-11,18H,3-7,9,12-17,19-20H2,1-2H3,(H2,24,25,26). The number of aliphatic imine (C=N–C) groups is 1. The summed E-state index contributed by atoms with van der Waals surface area (Å²) in [6.45, 7) is 10.0. The first-order valence-corrected chi connectivity index (χ1v) is 11.2. The molecule has 0 aliphatic carbocycles. The lowest BCUT2D eigenvalue weighted by Crippen LogP contribution is -2.38. The molecule has 1 heterocycles. The third-order valence-corrected chi connectivity index (χ3v) is 5.16. The first kappa shape index (κ1) is 23.6. The van der Waals surface area contributed by atoms with Crippen molar-refractivity contribution in [2.45, 2.75) is 52.2 Å². The summed E-state index contributed by atoms with van der Waals surface area (Å²) < 4.78 is 11.0. The molecular weight excluding hydrogens is 364 g/mol. The Labute approximate surface area is 177 Å². The van der Waals surface area contributed by atoms with E-state index in [1.54, 1.807) is 0 Å². The molecule has 0 bridgehead atoms. The first-order valence-electron chi connectivity index (χ1n) is 11.2. The average molecular weight is 405 g/mol. The van der Waals surface area contributed by atoms with Crippen molar-refractivity contribution in [3.05, 3.63) is 35.4 Å². The van der Waals surface area contributed by atoms with Crippen LogP contribution in [-0.4, -0.2) is 63.9 Å². The average Bonchev–Trinajstić information content (AvgIpc) is 3.02. The monoisotopic (exact) mass is 404 g/mol. The molecule has 1 aliphatic heterocycles. The fourth-order valence-electron chi connectivity index (χ4n) is 3.56. The maximum absolute atomic E-state index is 5.66. The second kappa shape index (κ2) is 15.2. The molecule has 1 aromatic rings. The van der Waals surface area contributed by atoms with E-state index in [4.69, 9.17) is 9.47 Å². The lowest BCUT2D eigenvalue weighted by molar-refractivity contribution is 0.0453. The molecule has 29 heavy (non-hydrogen) atoms. The SMILES string of the molecule is CCOCCOCc1cccc(CNC(=NC)NCCCN2CCCCCC2)c1. The number of hydrogen-bond acceptors (Lipinski definition) is 4. The van der Waals surface area contributed by atoms with Gasteiger partial charge in [0.1, 0.15) is 0 Å². The third kappa shape index (κ3) is 10.6. The van der Waals surface area contributed by atoms with Crippen LogP contribution in [-0.2, 0) is 22.6 Å². The van der Waals surface area contributed by atoms with Crippen molar-refractivity contribution >= 4 is 5.96 Å². The molecule has 1 fully saturated rings. The van der Waals surface area contributed by atoms with Gasteiger partial charge >= 0.3 is 0 Å². The van der Waals surface area contributed by atoms with Crippen molar-refractivity contribution < 1.29 is 9.47 Å². The van der Waals surface area contributed by atoms with E-state index in [0.717, 1.165) is 32.1 Å². The third-order valence-electron chi connectivity index (χ3n) is 5.16. The zero-order chi connectivity index (χ0) is 20.6. The molecule has 0 amide bonds. The minimum atomic E-state index is 0.615. The van der Waals surface area contributed by atoms with E-state index in [9.17, 15) is 0 Å². The van der Waals surface area contributed by atoms with Gasteiger partial charge in [-0.1, -0.05) is 37.1 Å². The van der Waals surface area contributed by atoms with E-state index in [0.29, 0.717) is 19.8 Å². The Morgan fingerprint density at radius 3 is 2.55 bits per heavy atom. The summed E-state index contributed by atoms with van der Waals surface area (Å²) in [5, 5.41) is 6.85. The molecule has 0 aromatic heterocycles. The Hall–Kier alpha value is -1.63. The molecule has 1 aliphatic rings. The Morgan fingerprint density at radius 1 is 1.03 bits per heavy atom. The molecule has 2 N–H and O–H groups in total. The van der Waals surface area contributed by atoms with Crippen LogP contribution in [0.15, 0.2) is 29.3 Å². The van der Waals surface area contributed by atoms with Gasteiger partial charge in [0.05, 0.1) is 19.8 Å². The number of nitrogens with one attached hydrogen (secondary N) is 2. The summed E-state index contributed by atoms with van der Waals surface area (Å²) in [6, 6.07) is 8.49. The quantitative estimate of drug-likeness (QED) is 0.318. The molecule has 1 aromatic carbocycles. The smallest absolute Gasteiger partial charge is 0.191 e. The molecule has 0 radical (unpaired) electrons. The van der Waals surface area contributed by atoms with Gasteiger partial charge in [-0.25, -0.2) is 0 Å². The normalized spacial score (nSPS) is 15.9. The Morgan fingerprint density at radius 2 is 1.79 bits per heavy atom. The molecule has 6 nitrogen and oxygen atoms in total. The minimum Gasteiger partial charge on any atom is -0.379 e. The molecule has 164 valence electrons. The molecule has 0 atom stereocenters. The molecule has 1 saturated heterocycles. The van der Waals surface area contributed by atoms with Gasteiger partial charge in [0, 0.05) is 26.7 Å². The highest BCUT2D eigenvalue weighted by Crippen LogP contribution is 2.09. The van der Waals surface area contributed by atoms with Gasteiger partial charge in [-0.15, -0.1) is 0 Å². The second-order valence-corrected chi connectivity index (χ2v) is 7.53. The lowest BCUT2D eigenvalue weighted by Gasteiger charge is -2.20. The number of guanidine groups is 1. The predicted molar refractivity (Wildman–Crippen MR) is 120 cm³/mol. The van der Waals surface area contributed by atoms with Crippen molar-refractivity contribution in [2.75, 3.05) is 53.0 Å². The van der Waals surface area contributed by atoms with Crippen molar-refractivity contribution in [1.29, 1.82) is 0 Å². The molecule has 2 rings (SSSR count). The number of hydrogen-bond donors (Lipinski definition) is 2. The summed E-state index contributed by atoms with van der Waals surface area (Å²) in [4.78, 5) is 6.95. The van der Waals surface area contributed by atoms with Crippen molar-refractivity contribution in [3.8, 4) is 0 Å². The van der Waals surface area contributed by atoms with Crippen LogP contribution >= 0.6 is 0 Å². The highest BCUT2D eigenvalue weighted by molar-refractivity contribution is 5.79.